The number of aliphatic imine (C=N–C) groups is 1. The molecule has 2 aromatic carbocycles. The highest BCUT2D eigenvalue weighted by molar-refractivity contribution is 5.76. The van der Waals surface area contributed by atoms with E-state index in [0.29, 0.717) is 5.56 Å². The van der Waals surface area contributed by atoms with E-state index in [2.05, 4.69) is 15.0 Å². The van der Waals surface area contributed by atoms with Crippen molar-refractivity contribution in [1.82, 2.24) is 9.97 Å². The molecule has 3 aromatic rings. The molecule has 0 saturated carbocycles. The van der Waals surface area contributed by atoms with Crippen LogP contribution in [-0.4, -0.2) is 29.7 Å². The average molecular weight is 414 g/mol. The number of benzene rings is 2. The van der Waals surface area contributed by atoms with Crippen molar-refractivity contribution in [2.24, 2.45) is 10.7 Å². The number of amidine groups is 1. The van der Waals surface area contributed by atoms with E-state index in [9.17, 15) is 13.2 Å². The number of halogens is 3. The van der Waals surface area contributed by atoms with Crippen molar-refractivity contribution in [2.75, 3.05) is 13.7 Å². The van der Waals surface area contributed by atoms with Crippen molar-refractivity contribution < 1.29 is 22.6 Å². The number of aromatic nitrogens is 2. The molecule has 2 heterocycles. The molecule has 0 amide bonds. The number of rotatable bonds is 4. The smallest absolute Gasteiger partial charge is 0.419 e. The lowest BCUT2D eigenvalue weighted by Crippen LogP contribution is -2.28. The molecule has 30 heavy (non-hydrogen) atoms. The quantitative estimate of drug-likeness (QED) is 0.703. The monoisotopic (exact) mass is 414 g/mol. The van der Waals surface area contributed by atoms with Crippen LogP contribution in [0.15, 0.2) is 66.2 Å². The number of ether oxygens (including phenoxy) is 2. The number of hydrogen-bond donors (Lipinski definition) is 1. The third kappa shape index (κ3) is 3.42. The summed E-state index contributed by atoms with van der Waals surface area (Å²) in [6.07, 6.45) is 0.120. The normalized spacial score (nSPS) is 18.6. The molecular weight excluding hydrogens is 397 g/mol. The highest BCUT2D eigenvalue weighted by atomic mass is 19.4. The maximum atomic E-state index is 13.6. The summed E-state index contributed by atoms with van der Waals surface area (Å²) in [4.78, 5) is 12.4. The molecule has 6 nitrogen and oxygen atoms in total. The average Bonchev–Trinajstić information content (AvgIpc) is 3.16. The van der Waals surface area contributed by atoms with Crippen LogP contribution in [0, 0.1) is 0 Å². The fraction of sp³-hybridized carbons (Fsp3) is 0.190. The molecule has 1 aliphatic heterocycles. The Kier molecular flexibility index (Phi) is 4.81. The second kappa shape index (κ2) is 7.33. The van der Waals surface area contributed by atoms with Gasteiger partial charge in [0, 0.05) is 18.0 Å². The molecular formula is C21H17F3N4O2. The summed E-state index contributed by atoms with van der Waals surface area (Å²) in [5.41, 5.74) is 6.11. The first-order chi connectivity index (χ1) is 14.3. The molecule has 1 aliphatic rings. The Morgan fingerprint density at radius 1 is 1.03 bits per heavy atom. The standard InChI is InChI=1S/C21H17F3N4O2/c1-29-18-6-5-16(8-17(18)21(22,23)24)20(11-30-19(25)28-20)15-4-2-3-13(7-15)14-9-26-12-27-10-14/h2-10,12H,11H2,1H3,(H2,25,28). The van der Waals surface area contributed by atoms with Crippen LogP contribution in [-0.2, 0) is 16.5 Å². The van der Waals surface area contributed by atoms with Gasteiger partial charge in [0.1, 0.15) is 18.7 Å². The summed E-state index contributed by atoms with van der Waals surface area (Å²) >= 11 is 0. The van der Waals surface area contributed by atoms with Gasteiger partial charge in [0.25, 0.3) is 6.02 Å². The van der Waals surface area contributed by atoms with E-state index in [-0.39, 0.29) is 23.9 Å². The minimum absolute atomic E-state index is 0.0306. The van der Waals surface area contributed by atoms with Crippen molar-refractivity contribution in [2.45, 2.75) is 11.7 Å². The molecule has 0 aliphatic carbocycles. The predicted octanol–water partition coefficient (Wildman–Crippen LogP) is 3.76. The summed E-state index contributed by atoms with van der Waals surface area (Å²) in [5.74, 6) is -0.271. The predicted molar refractivity (Wildman–Crippen MR) is 104 cm³/mol. The maximum Gasteiger partial charge on any atom is 0.419 e. The van der Waals surface area contributed by atoms with E-state index >= 15 is 0 Å². The molecule has 1 aromatic heterocycles. The zero-order valence-corrected chi connectivity index (χ0v) is 15.8. The number of nitrogens with zero attached hydrogens (tertiary/aromatic N) is 3. The second-order valence-corrected chi connectivity index (χ2v) is 6.72. The number of alkyl halides is 3. The Hall–Kier alpha value is -3.62. The summed E-state index contributed by atoms with van der Waals surface area (Å²) in [5, 5.41) is 0. The van der Waals surface area contributed by atoms with Gasteiger partial charge in [-0.2, -0.15) is 13.2 Å². The SMILES string of the molecule is COc1ccc(C2(c3cccc(-c4cncnc4)c3)COC(N)=N2)cc1C(F)(F)F. The van der Waals surface area contributed by atoms with Crippen LogP contribution in [0.4, 0.5) is 13.2 Å². The lowest BCUT2D eigenvalue weighted by Gasteiger charge is -2.27. The van der Waals surface area contributed by atoms with Crippen LogP contribution in [0.5, 0.6) is 5.75 Å². The van der Waals surface area contributed by atoms with Crippen molar-refractivity contribution in [1.29, 1.82) is 0 Å². The minimum atomic E-state index is -4.60. The van der Waals surface area contributed by atoms with Gasteiger partial charge in [-0.05, 0) is 34.9 Å². The van der Waals surface area contributed by atoms with E-state index in [4.69, 9.17) is 15.2 Å². The first-order valence-corrected chi connectivity index (χ1v) is 8.93. The number of nitrogens with two attached hydrogens (primary N) is 1. The molecule has 1 atom stereocenters. The largest absolute Gasteiger partial charge is 0.496 e. The number of methoxy groups -OCH3 is 1. The molecule has 154 valence electrons. The summed E-state index contributed by atoms with van der Waals surface area (Å²) in [6.45, 7) is -0.0306. The molecule has 4 rings (SSSR count). The van der Waals surface area contributed by atoms with E-state index in [1.54, 1.807) is 24.5 Å². The third-order valence-corrected chi connectivity index (χ3v) is 4.95. The molecule has 2 N–H and O–H groups in total. The van der Waals surface area contributed by atoms with Crippen molar-refractivity contribution in [3.05, 3.63) is 77.9 Å². The van der Waals surface area contributed by atoms with Gasteiger partial charge >= 0.3 is 6.18 Å². The van der Waals surface area contributed by atoms with Crippen LogP contribution in [0.2, 0.25) is 0 Å². The van der Waals surface area contributed by atoms with Crippen molar-refractivity contribution in [3.8, 4) is 16.9 Å². The highest BCUT2D eigenvalue weighted by Gasteiger charge is 2.43. The Labute approximate surface area is 170 Å². The molecule has 0 spiro atoms. The molecule has 0 radical (unpaired) electrons. The Morgan fingerprint density at radius 3 is 2.40 bits per heavy atom. The minimum Gasteiger partial charge on any atom is -0.496 e. The van der Waals surface area contributed by atoms with Crippen LogP contribution in [0.3, 0.4) is 0 Å². The zero-order chi connectivity index (χ0) is 21.4. The van der Waals surface area contributed by atoms with E-state index < -0.39 is 17.3 Å². The topological polar surface area (TPSA) is 82.6 Å². The molecule has 0 saturated heterocycles. The Morgan fingerprint density at radius 2 is 1.77 bits per heavy atom. The van der Waals surface area contributed by atoms with Crippen LogP contribution in [0.25, 0.3) is 11.1 Å². The maximum absolute atomic E-state index is 13.6. The Balaban J connectivity index is 1.89. The first kappa shape index (κ1) is 19.7. The zero-order valence-electron chi connectivity index (χ0n) is 15.8. The molecule has 0 fully saturated rings. The fourth-order valence-corrected chi connectivity index (χ4v) is 3.48. The first-order valence-electron chi connectivity index (χ1n) is 8.93. The van der Waals surface area contributed by atoms with E-state index in [0.717, 1.165) is 17.2 Å². The fourth-order valence-electron chi connectivity index (χ4n) is 3.48. The van der Waals surface area contributed by atoms with E-state index in [1.165, 1.54) is 25.6 Å². The summed E-state index contributed by atoms with van der Waals surface area (Å²) in [7, 11) is 1.19. The van der Waals surface area contributed by atoms with Gasteiger partial charge in [0.05, 0.1) is 12.7 Å². The van der Waals surface area contributed by atoms with Crippen LogP contribution < -0.4 is 10.5 Å². The van der Waals surface area contributed by atoms with Gasteiger partial charge in [0.2, 0.25) is 0 Å². The number of hydrogen-bond acceptors (Lipinski definition) is 6. The van der Waals surface area contributed by atoms with Gasteiger partial charge in [-0.3, -0.25) is 0 Å². The van der Waals surface area contributed by atoms with Gasteiger partial charge in [-0.1, -0.05) is 24.3 Å². The third-order valence-electron chi connectivity index (χ3n) is 4.95. The van der Waals surface area contributed by atoms with E-state index in [1.807, 2.05) is 12.1 Å². The van der Waals surface area contributed by atoms with Crippen molar-refractivity contribution >= 4 is 6.02 Å². The lowest BCUT2D eigenvalue weighted by atomic mass is 9.82. The van der Waals surface area contributed by atoms with Gasteiger partial charge < -0.3 is 15.2 Å². The second-order valence-electron chi connectivity index (χ2n) is 6.72. The Bertz CT molecular complexity index is 1100. The van der Waals surface area contributed by atoms with Crippen LogP contribution in [0.1, 0.15) is 16.7 Å². The highest BCUT2D eigenvalue weighted by Crippen LogP contribution is 2.43. The molecule has 9 heteroatoms. The summed E-state index contributed by atoms with van der Waals surface area (Å²) < 4.78 is 51.1. The van der Waals surface area contributed by atoms with Crippen LogP contribution >= 0.6 is 0 Å². The van der Waals surface area contributed by atoms with Crippen molar-refractivity contribution in [3.63, 3.8) is 0 Å². The molecule has 0 bridgehead atoms. The summed E-state index contributed by atoms with van der Waals surface area (Å²) in [6, 6.07) is 11.0. The van der Waals surface area contributed by atoms with Gasteiger partial charge in [0.15, 0.2) is 5.54 Å². The lowest BCUT2D eigenvalue weighted by molar-refractivity contribution is -0.138. The van der Waals surface area contributed by atoms with Gasteiger partial charge in [-0.25, -0.2) is 15.0 Å². The molecule has 1 unspecified atom stereocenters. The van der Waals surface area contributed by atoms with Gasteiger partial charge in [-0.15, -0.1) is 0 Å².